The van der Waals surface area contributed by atoms with Crippen LogP contribution in [0, 0.1) is 12.3 Å². The van der Waals surface area contributed by atoms with Crippen molar-refractivity contribution >= 4 is 17.6 Å². The molecule has 0 bridgehead atoms. The van der Waals surface area contributed by atoms with Crippen molar-refractivity contribution in [3.8, 4) is 12.3 Å². The smallest absolute Gasteiger partial charge is 0.253 e. The van der Waals surface area contributed by atoms with Gasteiger partial charge >= 0.3 is 0 Å². The van der Waals surface area contributed by atoms with Gasteiger partial charge in [-0.1, -0.05) is 11.8 Å². The van der Waals surface area contributed by atoms with Crippen molar-refractivity contribution in [1.29, 1.82) is 0 Å². The molecule has 1 rings (SSSR count). The molecule has 0 aromatic carbocycles. The molecule has 1 heterocycles. The van der Waals surface area contributed by atoms with Crippen molar-refractivity contribution < 1.29 is 0 Å². The first-order valence-corrected chi connectivity index (χ1v) is 5.14. The summed E-state index contributed by atoms with van der Waals surface area (Å²) in [4.78, 5) is 17.5. The van der Waals surface area contributed by atoms with Crippen LogP contribution in [0.3, 0.4) is 0 Å². The van der Waals surface area contributed by atoms with Crippen molar-refractivity contribution in [2.75, 3.05) is 11.5 Å². The number of thioether (sulfide) groups is 1. The molecule has 74 valence electrons. The third-order valence-corrected chi connectivity index (χ3v) is 2.40. The number of aromatic amines is 1. The van der Waals surface area contributed by atoms with E-state index in [0.717, 1.165) is 18.6 Å². The van der Waals surface area contributed by atoms with Crippen LogP contribution in [0.5, 0.6) is 0 Å². The van der Waals surface area contributed by atoms with Crippen LogP contribution in [0.1, 0.15) is 12.8 Å². The molecule has 0 unspecified atom stereocenters. The molecule has 3 N–H and O–H groups in total. The lowest BCUT2D eigenvalue weighted by atomic mass is 10.4. The Balaban J connectivity index is 2.51. The highest BCUT2D eigenvalue weighted by Gasteiger charge is 1.98. The average Bonchev–Trinajstić information content (AvgIpc) is 2.11. The predicted octanol–water partition coefficient (Wildman–Crippen LogP) is 0.858. The summed E-state index contributed by atoms with van der Waals surface area (Å²) in [5, 5.41) is 0.548. The van der Waals surface area contributed by atoms with Gasteiger partial charge in [-0.15, -0.1) is 12.3 Å². The van der Waals surface area contributed by atoms with Gasteiger partial charge in [0.1, 0.15) is 5.82 Å². The quantitative estimate of drug-likeness (QED) is 0.334. The number of anilines is 1. The molecule has 0 aliphatic rings. The first kappa shape index (κ1) is 10.7. The maximum absolute atomic E-state index is 11.0. The van der Waals surface area contributed by atoms with Crippen LogP contribution in [-0.2, 0) is 0 Å². The van der Waals surface area contributed by atoms with Crippen LogP contribution in [0.25, 0.3) is 0 Å². The Morgan fingerprint density at radius 1 is 1.71 bits per heavy atom. The lowest BCUT2D eigenvalue weighted by Crippen LogP contribution is -2.09. The van der Waals surface area contributed by atoms with Crippen LogP contribution in [0.4, 0.5) is 5.82 Å². The molecule has 0 radical (unpaired) electrons. The minimum absolute atomic E-state index is 0.225. The summed E-state index contributed by atoms with van der Waals surface area (Å²) >= 11 is 1.45. The lowest BCUT2D eigenvalue weighted by Gasteiger charge is -1.99. The fourth-order valence-corrected chi connectivity index (χ4v) is 1.69. The molecule has 0 atom stereocenters. The van der Waals surface area contributed by atoms with Crippen LogP contribution in [-0.4, -0.2) is 15.7 Å². The fourth-order valence-electron chi connectivity index (χ4n) is 0.865. The van der Waals surface area contributed by atoms with E-state index in [0.29, 0.717) is 5.16 Å². The number of unbranched alkanes of at least 4 members (excludes halogenated alkanes) is 1. The van der Waals surface area contributed by atoms with E-state index in [4.69, 9.17) is 12.2 Å². The number of aromatic nitrogens is 2. The molecule has 0 saturated carbocycles. The Morgan fingerprint density at radius 2 is 2.50 bits per heavy atom. The molecule has 0 spiro atoms. The number of nitrogens with two attached hydrogens (primary N) is 1. The van der Waals surface area contributed by atoms with Gasteiger partial charge in [0.25, 0.3) is 5.56 Å². The minimum atomic E-state index is -0.225. The number of terminal acetylenes is 1. The van der Waals surface area contributed by atoms with E-state index in [-0.39, 0.29) is 11.4 Å². The van der Waals surface area contributed by atoms with Gasteiger partial charge in [0.05, 0.1) is 0 Å². The van der Waals surface area contributed by atoms with Crippen molar-refractivity contribution in [1.82, 2.24) is 9.97 Å². The third kappa shape index (κ3) is 3.54. The number of nitrogens with zero attached hydrogens (tertiary/aromatic N) is 1. The standard InChI is InChI=1S/C9H11N3OS/c1-2-3-4-5-14-9-11-7(10)6-8(13)12-9/h1,6H,3-5H2,(H3,10,11,12,13). The van der Waals surface area contributed by atoms with Gasteiger partial charge in [-0.05, 0) is 6.42 Å². The second-order valence-corrected chi connectivity index (χ2v) is 3.72. The highest BCUT2D eigenvalue weighted by molar-refractivity contribution is 7.99. The summed E-state index contributed by atoms with van der Waals surface area (Å²) in [6.07, 6.45) is 6.74. The Labute approximate surface area is 86.3 Å². The van der Waals surface area contributed by atoms with Crippen LogP contribution in [0.2, 0.25) is 0 Å². The average molecular weight is 209 g/mol. The van der Waals surface area contributed by atoms with Gasteiger partial charge in [0.15, 0.2) is 5.16 Å². The number of hydrogen-bond donors (Lipinski definition) is 2. The van der Waals surface area contributed by atoms with Crippen molar-refractivity contribution in [3.63, 3.8) is 0 Å². The summed E-state index contributed by atoms with van der Waals surface area (Å²) in [5.74, 6) is 3.62. The molecule has 0 fully saturated rings. The second kappa shape index (κ2) is 5.35. The molecule has 0 aliphatic carbocycles. The zero-order valence-corrected chi connectivity index (χ0v) is 8.43. The largest absolute Gasteiger partial charge is 0.383 e. The summed E-state index contributed by atoms with van der Waals surface area (Å²) in [5.41, 5.74) is 5.19. The van der Waals surface area contributed by atoms with E-state index < -0.39 is 0 Å². The maximum atomic E-state index is 11.0. The lowest BCUT2D eigenvalue weighted by molar-refractivity contribution is 0.933. The molecule has 0 amide bonds. The van der Waals surface area contributed by atoms with Gasteiger partial charge in [0, 0.05) is 18.2 Å². The zero-order valence-electron chi connectivity index (χ0n) is 7.62. The number of nitrogen functional groups attached to an aromatic ring is 1. The Kier molecular flexibility index (Phi) is 4.08. The molecule has 0 saturated heterocycles. The monoisotopic (exact) mass is 209 g/mol. The van der Waals surface area contributed by atoms with E-state index in [1.54, 1.807) is 0 Å². The fraction of sp³-hybridized carbons (Fsp3) is 0.333. The maximum Gasteiger partial charge on any atom is 0.253 e. The normalized spacial score (nSPS) is 9.64. The molecule has 0 aliphatic heterocycles. The molecular weight excluding hydrogens is 198 g/mol. The van der Waals surface area contributed by atoms with E-state index in [1.807, 2.05) is 0 Å². The Bertz CT molecular complexity index is 394. The van der Waals surface area contributed by atoms with Gasteiger partial charge in [-0.2, -0.15) is 0 Å². The van der Waals surface area contributed by atoms with E-state index >= 15 is 0 Å². The number of hydrogen-bond acceptors (Lipinski definition) is 4. The van der Waals surface area contributed by atoms with E-state index in [9.17, 15) is 4.79 Å². The number of nitrogens with one attached hydrogen (secondary N) is 1. The summed E-state index contributed by atoms with van der Waals surface area (Å²) in [7, 11) is 0. The van der Waals surface area contributed by atoms with Crippen molar-refractivity contribution in [3.05, 3.63) is 16.4 Å². The van der Waals surface area contributed by atoms with Gasteiger partial charge in [0.2, 0.25) is 0 Å². The second-order valence-electron chi connectivity index (χ2n) is 2.63. The Morgan fingerprint density at radius 3 is 3.14 bits per heavy atom. The third-order valence-electron chi connectivity index (χ3n) is 1.44. The molecule has 14 heavy (non-hydrogen) atoms. The summed E-state index contributed by atoms with van der Waals surface area (Å²) < 4.78 is 0. The SMILES string of the molecule is C#CCCCSc1nc(N)cc(=O)[nH]1. The molecule has 4 nitrogen and oxygen atoms in total. The zero-order chi connectivity index (χ0) is 10.4. The molecular formula is C9H11N3OS. The number of rotatable bonds is 4. The van der Waals surface area contributed by atoms with Crippen molar-refractivity contribution in [2.45, 2.75) is 18.0 Å². The van der Waals surface area contributed by atoms with Gasteiger partial charge in [-0.25, -0.2) is 4.98 Å². The predicted molar refractivity (Wildman–Crippen MR) is 58.1 cm³/mol. The first-order chi connectivity index (χ1) is 6.72. The van der Waals surface area contributed by atoms with Gasteiger partial charge in [-0.3, -0.25) is 4.79 Å². The minimum Gasteiger partial charge on any atom is -0.383 e. The molecule has 1 aromatic rings. The Hall–Kier alpha value is -1.41. The topological polar surface area (TPSA) is 71.8 Å². The summed E-state index contributed by atoms with van der Waals surface area (Å²) in [6, 6.07) is 1.26. The summed E-state index contributed by atoms with van der Waals surface area (Å²) in [6.45, 7) is 0. The highest BCUT2D eigenvalue weighted by atomic mass is 32.2. The van der Waals surface area contributed by atoms with E-state index in [1.165, 1.54) is 17.8 Å². The van der Waals surface area contributed by atoms with Gasteiger partial charge < -0.3 is 10.7 Å². The van der Waals surface area contributed by atoms with Crippen LogP contribution < -0.4 is 11.3 Å². The molecule has 1 aromatic heterocycles. The first-order valence-electron chi connectivity index (χ1n) is 4.15. The van der Waals surface area contributed by atoms with Crippen molar-refractivity contribution in [2.24, 2.45) is 0 Å². The highest BCUT2D eigenvalue weighted by Crippen LogP contribution is 2.13. The van der Waals surface area contributed by atoms with E-state index in [2.05, 4.69) is 15.9 Å². The van der Waals surface area contributed by atoms with Crippen LogP contribution in [0.15, 0.2) is 16.0 Å². The molecule has 5 heteroatoms. The number of H-pyrrole nitrogens is 1. The van der Waals surface area contributed by atoms with Crippen LogP contribution >= 0.6 is 11.8 Å².